The van der Waals surface area contributed by atoms with E-state index in [4.69, 9.17) is 54.2 Å². The van der Waals surface area contributed by atoms with Gasteiger partial charge >= 0.3 is 9.28 Å². The van der Waals surface area contributed by atoms with Crippen LogP contribution in [-0.2, 0) is 34.1 Å². The first kappa shape index (κ1) is 77.0. The van der Waals surface area contributed by atoms with E-state index in [1.165, 1.54) is 24.3 Å². The number of aliphatic hydroxyl groups is 2. The number of aromatic nitrogens is 6. The standard InChI is InChI=1S/C26H30ClFN4O3.C23H22ClFN4O2.C20H20ClFN4O.CH4.BBr3/c1-16-14-31(25(33)35-26(2,3)4)10-11-32(16)24-19-13-20(27)23(18-8-6-7-9-21(18)28)30-22(19)12-17(29-24)15-34-5;1-3-21(31)28-8-9-29(14(2)12-28)23-17-11-18(24)22(16-6-4-5-7-19(16)25)27-20(17)10-15(13-30)26-23;1-12-10-23-6-7-26(12)20-15-9-16(21)19(14-4-2-3-5-17(14)22)25-18(15)8-13(11-27)24-20;;2-1(3)4/h6-9,12-13,16H,10-11,14-15H2,1-5H3;3-7,10-11,14,30H,1,8-9,12-13H2,2H3;2-5,8-9,12,23,27H,6-7,10-11H2,1H3;1H4;/t16-;14-;12-;;/m000../s1. The molecule has 0 unspecified atom stereocenters. The van der Waals surface area contributed by atoms with Gasteiger partial charge < -0.3 is 49.5 Å². The first-order chi connectivity index (χ1) is 46.3. The summed E-state index contributed by atoms with van der Waals surface area (Å²) < 4.78 is 54.3. The van der Waals surface area contributed by atoms with E-state index in [-0.39, 0.29) is 65.6 Å². The molecule has 3 atom stereocenters. The van der Waals surface area contributed by atoms with Crippen LogP contribution in [0.4, 0.5) is 35.4 Å². The summed E-state index contributed by atoms with van der Waals surface area (Å²) in [7, 11) is 1.61. The van der Waals surface area contributed by atoms with Gasteiger partial charge in [-0.15, -0.1) is 47.3 Å². The Morgan fingerprint density at radius 1 is 0.602 bits per heavy atom. The number of piperazine rings is 3. The number of benzene rings is 3. The Morgan fingerprint density at radius 3 is 1.33 bits per heavy atom. The number of hydrogen-bond donors (Lipinski definition) is 3. The molecule has 0 aliphatic carbocycles. The highest BCUT2D eigenvalue weighted by molar-refractivity contribution is 9.69. The predicted octanol–water partition coefficient (Wildman–Crippen LogP) is 15.7. The number of nitrogens with zero attached hydrogens (tertiary/aromatic N) is 11. The molecule has 518 valence electrons. The highest BCUT2D eigenvalue weighted by Crippen LogP contribution is 2.40. The Labute approximate surface area is 608 Å². The lowest BCUT2D eigenvalue weighted by Gasteiger charge is -2.41. The number of nitrogens with one attached hydrogen (secondary N) is 1. The van der Waals surface area contributed by atoms with Gasteiger partial charge in [0, 0.05) is 117 Å². The van der Waals surface area contributed by atoms with E-state index in [9.17, 15) is 33.0 Å². The number of fused-ring (bicyclic) bond motifs is 3. The Balaban J connectivity index is 0.000000183. The molecule has 28 heteroatoms. The number of hydrogen-bond acceptors (Lipinski definition) is 16. The summed E-state index contributed by atoms with van der Waals surface area (Å²) >= 11 is 28.9. The molecule has 18 nitrogen and oxygen atoms in total. The van der Waals surface area contributed by atoms with Crippen molar-refractivity contribution in [1.29, 1.82) is 0 Å². The number of carbonyl (C=O) groups excluding carboxylic acids is 2. The molecule has 12 rings (SSSR count). The number of aliphatic hydroxyl groups excluding tert-OH is 2. The third-order valence-electron chi connectivity index (χ3n) is 16.1. The number of halogens is 9. The fraction of sp³-hybridized carbons (Fsp3) is 0.343. The normalized spacial score (nSPS) is 16.3. The van der Waals surface area contributed by atoms with Crippen LogP contribution in [0.15, 0.2) is 122 Å². The van der Waals surface area contributed by atoms with Crippen LogP contribution in [0.5, 0.6) is 0 Å². The average molecular weight is 1600 g/mol. The van der Waals surface area contributed by atoms with E-state index in [1.807, 2.05) is 40.7 Å². The minimum absolute atomic E-state index is 0. The van der Waals surface area contributed by atoms with Gasteiger partial charge in [0.2, 0.25) is 5.91 Å². The quantitative estimate of drug-likeness (QED) is 0.0815. The highest BCUT2D eigenvalue weighted by Gasteiger charge is 2.33. The summed E-state index contributed by atoms with van der Waals surface area (Å²) in [5.74, 6) is 0.810. The van der Waals surface area contributed by atoms with Gasteiger partial charge in [-0.05, 0) is 120 Å². The molecule has 2 amide bonds. The summed E-state index contributed by atoms with van der Waals surface area (Å²) in [6.07, 6.45) is 0.991. The van der Waals surface area contributed by atoms with Crippen molar-refractivity contribution in [2.45, 2.75) is 92.5 Å². The molecular formula is C70H76BBr3Cl3F3N12O6. The van der Waals surface area contributed by atoms with Gasteiger partial charge in [-0.2, -0.15) is 0 Å². The van der Waals surface area contributed by atoms with Gasteiger partial charge in [-0.25, -0.2) is 47.9 Å². The molecule has 3 saturated heterocycles. The maximum atomic E-state index is 14.5. The van der Waals surface area contributed by atoms with Crippen molar-refractivity contribution in [3.63, 3.8) is 0 Å². The van der Waals surface area contributed by atoms with Crippen molar-refractivity contribution in [2.75, 3.05) is 80.7 Å². The van der Waals surface area contributed by atoms with E-state index >= 15 is 0 Å². The molecule has 6 aromatic heterocycles. The summed E-state index contributed by atoms with van der Waals surface area (Å²) in [4.78, 5) is 62.6. The van der Waals surface area contributed by atoms with Crippen molar-refractivity contribution in [3.05, 3.63) is 171 Å². The first-order valence-corrected chi connectivity index (χ1v) is 35.0. The lowest BCUT2D eigenvalue weighted by atomic mass is 10.1. The fourth-order valence-electron chi connectivity index (χ4n) is 11.6. The third-order valence-corrected chi connectivity index (χ3v) is 17.0. The van der Waals surface area contributed by atoms with Gasteiger partial charge in [-0.3, -0.25) is 4.79 Å². The van der Waals surface area contributed by atoms with Gasteiger partial charge in [0.25, 0.3) is 0 Å². The van der Waals surface area contributed by atoms with E-state index in [2.05, 4.69) is 101 Å². The molecular weight excluding hydrogens is 1520 g/mol. The molecule has 9 aromatic rings. The SMILES string of the molecule is BrB(Br)Br.C.C=CC(=O)N1CCN(c2nc(CO)cc3nc(-c4ccccc4F)c(Cl)cc23)[C@@H](C)C1.COCc1cc2nc(-c3ccccc3F)c(Cl)cc2c(N2CCN(C(=O)OC(C)(C)C)C[C@@H]2C)n1.C[C@H]1CNCCN1c1nc(CO)cc2nc(-c3ccccc3F)c(Cl)cc12. The minimum Gasteiger partial charge on any atom is -0.444 e. The number of carbonyl (C=O) groups is 2. The minimum atomic E-state index is -0.554. The Morgan fingerprint density at radius 2 is 0.969 bits per heavy atom. The second-order valence-corrected chi connectivity index (χ2v) is 31.8. The van der Waals surface area contributed by atoms with E-state index in [0.717, 1.165) is 36.2 Å². The van der Waals surface area contributed by atoms with Crippen LogP contribution in [0.3, 0.4) is 0 Å². The van der Waals surface area contributed by atoms with Crippen LogP contribution in [0.1, 0.15) is 66.1 Å². The maximum absolute atomic E-state index is 14.5. The average Bonchev–Trinajstić information content (AvgIpc) is 0.776. The first-order valence-electron chi connectivity index (χ1n) is 31.1. The Hall–Kier alpha value is -6.78. The second kappa shape index (κ2) is 34.5. The Bertz CT molecular complexity index is 4340. The highest BCUT2D eigenvalue weighted by atomic mass is 79.9. The molecule has 3 N–H and O–H groups in total. The fourth-order valence-corrected chi connectivity index (χ4v) is 12.4. The van der Waals surface area contributed by atoms with Gasteiger partial charge in [0.1, 0.15) is 40.5 Å². The topological polar surface area (TPSA) is 199 Å². The maximum Gasteiger partial charge on any atom is 0.410 e. The molecule has 3 fully saturated rings. The van der Waals surface area contributed by atoms with Crippen LogP contribution in [0.25, 0.3) is 66.5 Å². The third kappa shape index (κ3) is 18.6. The van der Waals surface area contributed by atoms with Crippen molar-refractivity contribution in [1.82, 2.24) is 45.0 Å². The van der Waals surface area contributed by atoms with Crippen molar-refractivity contribution in [3.8, 4) is 33.8 Å². The zero-order valence-corrected chi connectivity index (χ0v) is 61.3. The van der Waals surface area contributed by atoms with Crippen molar-refractivity contribution >= 4 is 147 Å². The lowest BCUT2D eigenvalue weighted by molar-refractivity contribution is -0.126. The van der Waals surface area contributed by atoms with Crippen molar-refractivity contribution in [2.24, 2.45) is 0 Å². The number of amides is 2. The zero-order valence-electron chi connectivity index (χ0n) is 54.3. The summed E-state index contributed by atoms with van der Waals surface area (Å²) in [5.41, 5.74) is 5.06. The summed E-state index contributed by atoms with van der Waals surface area (Å²) in [5, 5.41) is 26.1. The van der Waals surface area contributed by atoms with Crippen LogP contribution in [0.2, 0.25) is 15.1 Å². The van der Waals surface area contributed by atoms with Crippen LogP contribution in [-0.4, -0.2) is 155 Å². The summed E-state index contributed by atoms with van der Waals surface area (Å²) in [6, 6.07) is 29.9. The van der Waals surface area contributed by atoms with E-state index in [0.29, 0.717) is 145 Å². The number of anilines is 3. The lowest BCUT2D eigenvalue weighted by Crippen LogP contribution is -2.55. The molecule has 0 radical (unpaired) electrons. The van der Waals surface area contributed by atoms with Crippen LogP contribution >= 0.6 is 82.1 Å². The molecule has 0 bridgehead atoms. The molecule has 0 spiro atoms. The van der Waals surface area contributed by atoms with Gasteiger partial charge in [-0.1, -0.05) is 85.2 Å². The number of pyridine rings is 6. The van der Waals surface area contributed by atoms with Gasteiger partial charge in [0.05, 0.1) is 85.6 Å². The smallest absolute Gasteiger partial charge is 0.410 e. The monoisotopic (exact) mass is 1590 g/mol. The number of rotatable bonds is 11. The predicted molar refractivity (Wildman–Crippen MR) is 400 cm³/mol. The second-order valence-electron chi connectivity index (χ2n) is 24.2. The zero-order chi connectivity index (χ0) is 70.0. The van der Waals surface area contributed by atoms with Crippen LogP contribution < -0.4 is 20.0 Å². The molecule has 3 aliphatic rings. The van der Waals surface area contributed by atoms with Crippen molar-refractivity contribution < 1.29 is 42.4 Å². The molecule has 98 heavy (non-hydrogen) atoms. The number of methoxy groups -OCH3 is 1. The van der Waals surface area contributed by atoms with E-state index in [1.54, 1.807) is 102 Å². The largest absolute Gasteiger partial charge is 0.444 e. The summed E-state index contributed by atoms with van der Waals surface area (Å²) in [6.45, 7) is 20.8. The molecule has 3 aliphatic heterocycles. The van der Waals surface area contributed by atoms with Gasteiger partial charge in [0.15, 0.2) is 0 Å². The number of ether oxygens (including phenoxy) is 2. The molecule has 0 saturated carbocycles. The molecule has 9 heterocycles. The Kier molecular flexibility index (Phi) is 27.1. The molecule has 3 aromatic carbocycles. The van der Waals surface area contributed by atoms with Crippen LogP contribution in [0, 0.1) is 17.5 Å². The van der Waals surface area contributed by atoms with E-state index < -0.39 is 11.4 Å².